The summed E-state index contributed by atoms with van der Waals surface area (Å²) in [7, 11) is 0. The number of ether oxygens (including phenoxy) is 1. The first-order valence-corrected chi connectivity index (χ1v) is 20.1. The Balaban J connectivity index is 0.755. The van der Waals surface area contributed by atoms with Gasteiger partial charge in [-0.2, -0.15) is 0 Å². The molecule has 4 aliphatic heterocycles. The summed E-state index contributed by atoms with van der Waals surface area (Å²) in [5, 5.41) is 6.07. The second-order valence-corrected chi connectivity index (χ2v) is 16.0. The van der Waals surface area contributed by atoms with Crippen molar-refractivity contribution in [2.75, 3.05) is 55.6 Å². The molecule has 8 rings (SSSR count). The van der Waals surface area contributed by atoms with Crippen LogP contribution in [-0.4, -0.2) is 113 Å². The molecule has 56 heavy (non-hydrogen) atoms. The normalized spacial score (nSPS) is 23.6. The van der Waals surface area contributed by atoms with Gasteiger partial charge in [-0.1, -0.05) is 17.7 Å². The van der Waals surface area contributed by atoms with Gasteiger partial charge in [0.1, 0.15) is 23.3 Å². The lowest BCUT2D eigenvalue weighted by Gasteiger charge is -2.39. The van der Waals surface area contributed by atoms with E-state index < -0.39 is 29.7 Å². The lowest BCUT2D eigenvalue weighted by atomic mass is 9.93. The van der Waals surface area contributed by atoms with E-state index in [1.165, 1.54) is 0 Å². The summed E-state index contributed by atoms with van der Waals surface area (Å²) in [5.41, 5.74) is 2.82. The third-order valence-electron chi connectivity index (χ3n) is 11.9. The molecular weight excluding hydrogens is 736 g/mol. The van der Waals surface area contributed by atoms with E-state index in [1.54, 1.807) is 24.5 Å². The Hall–Kier alpha value is -5.08. The van der Waals surface area contributed by atoms with Crippen LogP contribution in [0, 0.1) is 12.8 Å². The van der Waals surface area contributed by atoms with Crippen molar-refractivity contribution in [3.63, 3.8) is 0 Å². The number of amides is 5. The average molecular weight is 783 g/mol. The fourth-order valence-corrected chi connectivity index (χ4v) is 8.75. The first-order chi connectivity index (χ1) is 27.1. The van der Waals surface area contributed by atoms with Gasteiger partial charge in [0.15, 0.2) is 0 Å². The number of piperidine rings is 2. The minimum Gasteiger partial charge on any atom is -0.490 e. The zero-order chi connectivity index (χ0) is 38.9. The van der Waals surface area contributed by atoms with Crippen molar-refractivity contribution < 1.29 is 28.7 Å². The van der Waals surface area contributed by atoms with E-state index in [-0.39, 0.29) is 30.9 Å². The number of piperazine rings is 1. The van der Waals surface area contributed by atoms with Crippen LogP contribution in [0.4, 0.5) is 11.5 Å². The number of benzene rings is 2. The van der Waals surface area contributed by atoms with Crippen LogP contribution in [0.2, 0.25) is 5.02 Å². The van der Waals surface area contributed by atoms with Crippen molar-refractivity contribution in [3.05, 3.63) is 76.2 Å². The fraction of sp³-hybridized carbons (Fsp3) is 0.488. The summed E-state index contributed by atoms with van der Waals surface area (Å²) in [6.45, 7) is 8.11. The highest BCUT2D eigenvalue weighted by Gasteiger charge is 2.45. The quantitative estimate of drug-likeness (QED) is 0.303. The molecule has 2 aromatic carbocycles. The molecule has 2 N–H and O–H groups in total. The lowest BCUT2D eigenvalue weighted by molar-refractivity contribution is -0.136. The second kappa shape index (κ2) is 16.2. The monoisotopic (exact) mass is 782 g/mol. The van der Waals surface area contributed by atoms with Crippen molar-refractivity contribution in [2.45, 2.75) is 76.5 Å². The highest BCUT2D eigenvalue weighted by molar-refractivity contribution is 6.31. The molecule has 0 spiro atoms. The number of hydrogen-bond acceptors (Lipinski definition) is 11. The SMILES string of the molecule is Cc1ccc(OC2CCC(NC(=O)c3cnc(N4CCC(CN5CCN(c6ccc7c(c6)C(=O)N(C6CCC(=O)NC6=O)C7=O)CC5)CC4)cn3)CC2)cc1Cl. The van der Waals surface area contributed by atoms with Crippen molar-refractivity contribution in [2.24, 2.45) is 5.92 Å². The molecule has 1 aromatic heterocycles. The molecule has 15 heteroatoms. The molecule has 5 amide bonds. The number of nitrogens with one attached hydrogen (secondary N) is 2. The number of fused-ring (bicyclic) bond motifs is 1. The van der Waals surface area contributed by atoms with Gasteiger partial charge in [0.25, 0.3) is 17.7 Å². The van der Waals surface area contributed by atoms with Gasteiger partial charge in [-0.15, -0.1) is 0 Å². The highest BCUT2D eigenvalue weighted by atomic mass is 35.5. The molecule has 5 aliphatic rings. The van der Waals surface area contributed by atoms with Gasteiger partial charge in [0.2, 0.25) is 11.8 Å². The number of aromatic nitrogens is 2. The van der Waals surface area contributed by atoms with Gasteiger partial charge >= 0.3 is 0 Å². The third kappa shape index (κ3) is 8.08. The van der Waals surface area contributed by atoms with E-state index in [0.717, 1.165) is 112 Å². The molecule has 0 radical (unpaired) electrons. The van der Waals surface area contributed by atoms with Crippen LogP contribution in [0.5, 0.6) is 5.75 Å². The van der Waals surface area contributed by atoms with Gasteiger partial charge < -0.3 is 19.9 Å². The highest BCUT2D eigenvalue weighted by Crippen LogP contribution is 2.32. The van der Waals surface area contributed by atoms with E-state index in [2.05, 4.69) is 35.3 Å². The van der Waals surface area contributed by atoms with Crippen molar-refractivity contribution >= 4 is 52.6 Å². The average Bonchev–Trinajstić information content (AvgIpc) is 3.45. The maximum atomic E-state index is 13.3. The van der Waals surface area contributed by atoms with Gasteiger partial charge in [0.05, 0.1) is 29.6 Å². The van der Waals surface area contributed by atoms with Crippen LogP contribution in [0.15, 0.2) is 48.8 Å². The van der Waals surface area contributed by atoms with Gasteiger partial charge in [-0.05, 0) is 93.7 Å². The number of nitrogens with zero attached hydrogens (tertiary/aromatic N) is 6. The Morgan fingerprint density at radius 3 is 2.29 bits per heavy atom. The number of rotatable bonds is 9. The topological polar surface area (TPSA) is 157 Å². The molecular formula is C41H47ClN8O6. The molecule has 4 fully saturated rings. The minimum absolute atomic E-state index is 0.0732. The Labute approximate surface area is 330 Å². The summed E-state index contributed by atoms with van der Waals surface area (Å²) >= 11 is 6.25. The Kier molecular flexibility index (Phi) is 10.9. The molecule has 3 saturated heterocycles. The number of hydrogen-bond donors (Lipinski definition) is 2. The Morgan fingerprint density at radius 1 is 0.839 bits per heavy atom. The predicted octanol–water partition coefficient (Wildman–Crippen LogP) is 4.00. The minimum atomic E-state index is -0.972. The Morgan fingerprint density at radius 2 is 1.59 bits per heavy atom. The molecule has 3 aromatic rings. The maximum Gasteiger partial charge on any atom is 0.271 e. The summed E-state index contributed by atoms with van der Waals surface area (Å²) in [6, 6.07) is 10.2. The van der Waals surface area contributed by atoms with Crippen LogP contribution in [0.25, 0.3) is 0 Å². The van der Waals surface area contributed by atoms with Crippen LogP contribution in [-0.2, 0) is 9.59 Å². The van der Waals surface area contributed by atoms with Crippen LogP contribution >= 0.6 is 11.6 Å². The predicted molar refractivity (Wildman–Crippen MR) is 209 cm³/mol. The molecule has 14 nitrogen and oxygen atoms in total. The zero-order valence-corrected chi connectivity index (χ0v) is 32.3. The van der Waals surface area contributed by atoms with E-state index in [0.29, 0.717) is 27.8 Å². The number of halogens is 1. The van der Waals surface area contributed by atoms with E-state index in [9.17, 15) is 24.0 Å². The summed E-state index contributed by atoms with van der Waals surface area (Å²) in [4.78, 5) is 80.5. The van der Waals surface area contributed by atoms with Gasteiger partial charge in [-0.3, -0.25) is 39.1 Å². The molecule has 1 atom stereocenters. The fourth-order valence-electron chi connectivity index (χ4n) is 8.58. The standard InChI is InChI=1S/C41H47ClN8O6/c1-25-2-6-30(21-33(25)42)56-29-7-3-27(4-8-29)45-38(52)34-22-44-36(23-43-34)49-14-12-26(13-15-49)24-47-16-18-48(19-17-47)28-5-9-31-32(20-28)41(55)50(40(31)54)35-10-11-37(51)46-39(35)53/h2,5-6,9,20-23,26-27,29,35H,3-4,7-8,10-19,24H2,1H3,(H,45,52)(H,46,51,53). The molecule has 0 bridgehead atoms. The van der Waals surface area contributed by atoms with Gasteiger partial charge in [-0.25, -0.2) is 9.97 Å². The second-order valence-electron chi connectivity index (χ2n) is 15.6. The summed E-state index contributed by atoms with van der Waals surface area (Å²) in [5.74, 6) is -0.0448. The van der Waals surface area contributed by atoms with Crippen molar-refractivity contribution in [1.82, 2.24) is 30.4 Å². The smallest absolute Gasteiger partial charge is 0.271 e. The first-order valence-electron chi connectivity index (χ1n) is 19.7. The van der Waals surface area contributed by atoms with Crippen LogP contribution < -0.4 is 25.2 Å². The van der Waals surface area contributed by atoms with Crippen LogP contribution in [0.3, 0.4) is 0 Å². The molecule has 1 unspecified atom stereocenters. The molecule has 1 aliphatic carbocycles. The number of imide groups is 2. The third-order valence-corrected chi connectivity index (χ3v) is 12.3. The number of carbonyl (C=O) groups is 5. The summed E-state index contributed by atoms with van der Waals surface area (Å²) in [6.07, 6.45) is 9.07. The van der Waals surface area contributed by atoms with Crippen molar-refractivity contribution in [1.29, 1.82) is 0 Å². The number of carbonyl (C=O) groups excluding carboxylic acids is 5. The first kappa shape index (κ1) is 37.8. The summed E-state index contributed by atoms with van der Waals surface area (Å²) < 4.78 is 6.14. The lowest BCUT2D eigenvalue weighted by Crippen LogP contribution is -2.54. The van der Waals surface area contributed by atoms with Gasteiger partial charge in [0, 0.05) is 69.0 Å². The van der Waals surface area contributed by atoms with E-state index in [1.807, 2.05) is 31.2 Å². The number of anilines is 2. The molecule has 5 heterocycles. The zero-order valence-electron chi connectivity index (χ0n) is 31.5. The Bertz CT molecular complexity index is 2000. The van der Waals surface area contributed by atoms with E-state index >= 15 is 0 Å². The molecule has 1 saturated carbocycles. The van der Waals surface area contributed by atoms with E-state index in [4.69, 9.17) is 16.3 Å². The largest absolute Gasteiger partial charge is 0.490 e. The van der Waals surface area contributed by atoms with Crippen LogP contribution in [0.1, 0.15) is 88.1 Å². The maximum absolute atomic E-state index is 13.3. The van der Waals surface area contributed by atoms with Crippen molar-refractivity contribution in [3.8, 4) is 5.75 Å². The molecule has 294 valence electrons. The number of aryl methyl sites for hydroxylation is 1.